The molecule has 2 atom stereocenters. The maximum atomic E-state index is 12.6. The van der Waals surface area contributed by atoms with Crippen LogP contribution in [0.2, 0.25) is 0 Å². The highest BCUT2D eigenvalue weighted by molar-refractivity contribution is 7.45. The van der Waals surface area contributed by atoms with Crippen LogP contribution < -0.4 is 4.89 Å². The van der Waals surface area contributed by atoms with Crippen molar-refractivity contribution >= 4 is 13.8 Å². The Bertz CT molecular complexity index is 1140. The summed E-state index contributed by atoms with van der Waals surface area (Å²) in [5.41, 5.74) is 0. The van der Waals surface area contributed by atoms with E-state index in [1.165, 1.54) is 103 Å². The van der Waals surface area contributed by atoms with Crippen molar-refractivity contribution in [1.29, 1.82) is 0 Å². The summed E-state index contributed by atoms with van der Waals surface area (Å²) in [6, 6.07) is 0. The summed E-state index contributed by atoms with van der Waals surface area (Å²) < 4.78 is 34.5. The number of ether oxygens (including phenoxy) is 2. The van der Waals surface area contributed by atoms with Gasteiger partial charge in [-0.15, -0.1) is 0 Å². The molecule has 2 unspecified atom stereocenters. The molecule has 0 aliphatic carbocycles. The lowest BCUT2D eigenvalue weighted by molar-refractivity contribution is -0.870. The monoisotopic (exact) mass is 820 g/mol. The van der Waals surface area contributed by atoms with Crippen molar-refractivity contribution in [3.05, 3.63) is 72.9 Å². The van der Waals surface area contributed by atoms with E-state index in [4.69, 9.17) is 18.5 Å². The van der Waals surface area contributed by atoms with Gasteiger partial charge in [-0.1, -0.05) is 170 Å². The standard InChI is InChI=1S/C48H86NO7P/c1-6-8-10-12-14-16-18-20-22-23-24-25-26-28-30-32-34-36-38-40-43-53-45-47(46-55-57(51,52)54-44-42-49(3,4)5)56-48(50)41-39-37-35-33-31-29-27-21-19-17-15-13-11-9-7-2/h9,11,15,17,20-22,27,31,33,37,39,47H,6-8,10,12-14,16,18-19,23-26,28-30,32,34-36,38,40-46H2,1-5H3/b11-9-,17-15-,22-20-,27-21-,33-31-,39-37-. The second-order valence-electron chi connectivity index (χ2n) is 16.0. The minimum atomic E-state index is -4.55. The van der Waals surface area contributed by atoms with Crippen molar-refractivity contribution < 1.29 is 37.3 Å². The van der Waals surface area contributed by atoms with Gasteiger partial charge in [-0.2, -0.15) is 0 Å². The Balaban J connectivity index is 4.31. The molecule has 0 aromatic heterocycles. The molecular formula is C48H86NO7P. The van der Waals surface area contributed by atoms with Crippen LogP contribution in [-0.4, -0.2) is 70.7 Å². The highest BCUT2D eigenvalue weighted by atomic mass is 31.2. The number of hydrogen-bond acceptors (Lipinski definition) is 7. The molecule has 0 bridgehead atoms. The first-order valence-corrected chi connectivity index (χ1v) is 24.1. The Morgan fingerprint density at radius 3 is 1.51 bits per heavy atom. The van der Waals surface area contributed by atoms with Crippen molar-refractivity contribution in [3.63, 3.8) is 0 Å². The number of unbranched alkanes of at least 4 members (excludes halogenated alkanes) is 16. The van der Waals surface area contributed by atoms with Crippen LogP contribution in [0, 0.1) is 0 Å². The van der Waals surface area contributed by atoms with Crippen molar-refractivity contribution in [2.45, 2.75) is 174 Å². The Hall–Kier alpha value is -2.06. The highest BCUT2D eigenvalue weighted by Crippen LogP contribution is 2.38. The zero-order chi connectivity index (χ0) is 42.0. The molecule has 330 valence electrons. The number of nitrogens with zero attached hydrogens (tertiary/aromatic N) is 1. The second kappa shape index (κ2) is 40.7. The summed E-state index contributed by atoms with van der Waals surface area (Å²) in [7, 11) is 1.29. The minimum absolute atomic E-state index is 0.00651. The van der Waals surface area contributed by atoms with Crippen LogP contribution in [-0.2, 0) is 27.9 Å². The van der Waals surface area contributed by atoms with Crippen molar-refractivity contribution in [2.24, 2.45) is 0 Å². The molecule has 0 heterocycles. The van der Waals surface area contributed by atoms with Gasteiger partial charge in [-0.05, 0) is 64.2 Å². The minimum Gasteiger partial charge on any atom is -0.756 e. The molecule has 0 fully saturated rings. The number of carbonyl (C=O) groups is 1. The molecule has 0 N–H and O–H groups in total. The van der Waals surface area contributed by atoms with Crippen LogP contribution in [0.4, 0.5) is 0 Å². The summed E-state index contributed by atoms with van der Waals surface area (Å²) in [5.74, 6) is -0.462. The third kappa shape index (κ3) is 44.9. The van der Waals surface area contributed by atoms with Crippen LogP contribution in [0.25, 0.3) is 0 Å². The molecular weight excluding hydrogens is 734 g/mol. The number of rotatable bonds is 41. The fraction of sp³-hybridized carbons (Fsp3) is 0.729. The van der Waals surface area contributed by atoms with Gasteiger partial charge in [0.25, 0.3) is 7.82 Å². The first-order chi connectivity index (χ1) is 27.6. The maximum absolute atomic E-state index is 12.6. The number of hydrogen-bond donors (Lipinski definition) is 0. The third-order valence-electron chi connectivity index (χ3n) is 9.27. The first kappa shape index (κ1) is 54.9. The molecule has 0 saturated carbocycles. The quantitative estimate of drug-likeness (QED) is 0.0199. The lowest BCUT2D eigenvalue weighted by atomic mass is 10.1. The number of esters is 1. The van der Waals surface area contributed by atoms with Gasteiger partial charge in [-0.3, -0.25) is 9.36 Å². The smallest absolute Gasteiger partial charge is 0.310 e. The molecule has 8 nitrogen and oxygen atoms in total. The molecule has 0 aromatic rings. The number of quaternary nitrogens is 1. The Labute approximate surface area is 351 Å². The van der Waals surface area contributed by atoms with Gasteiger partial charge < -0.3 is 27.9 Å². The van der Waals surface area contributed by atoms with Gasteiger partial charge in [0.15, 0.2) is 0 Å². The molecule has 0 rings (SSSR count). The van der Waals surface area contributed by atoms with Crippen LogP contribution in [0.3, 0.4) is 0 Å². The molecule has 9 heteroatoms. The van der Waals surface area contributed by atoms with Gasteiger partial charge in [0.2, 0.25) is 0 Å². The second-order valence-corrected chi connectivity index (χ2v) is 17.5. The highest BCUT2D eigenvalue weighted by Gasteiger charge is 2.20. The zero-order valence-corrected chi connectivity index (χ0v) is 38.2. The van der Waals surface area contributed by atoms with Crippen LogP contribution in [0.1, 0.15) is 168 Å². The maximum Gasteiger partial charge on any atom is 0.310 e. The molecule has 0 amide bonds. The van der Waals surface area contributed by atoms with E-state index < -0.39 is 19.9 Å². The van der Waals surface area contributed by atoms with E-state index in [2.05, 4.69) is 74.6 Å². The number of carbonyl (C=O) groups excluding carboxylic acids is 1. The largest absolute Gasteiger partial charge is 0.756 e. The molecule has 57 heavy (non-hydrogen) atoms. The Morgan fingerprint density at radius 1 is 0.561 bits per heavy atom. The topological polar surface area (TPSA) is 94.1 Å². The summed E-state index contributed by atoms with van der Waals surface area (Å²) in [6.45, 7) is 5.15. The average Bonchev–Trinajstić information content (AvgIpc) is 3.16. The van der Waals surface area contributed by atoms with Crippen molar-refractivity contribution in [2.75, 3.05) is 54.1 Å². The van der Waals surface area contributed by atoms with E-state index in [1.54, 1.807) is 6.08 Å². The van der Waals surface area contributed by atoms with Gasteiger partial charge >= 0.3 is 5.97 Å². The van der Waals surface area contributed by atoms with Gasteiger partial charge in [0, 0.05) is 6.61 Å². The normalized spacial score (nSPS) is 14.4. The fourth-order valence-corrected chi connectivity index (χ4v) is 6.52. The molecule has 0 aliphatic rings. The van der Waals surface area contributed by atoms with Gasteiger partial charge in [-0.25, -0.2) is 0 Å². The lowest BCUT2D eigenvalue weighted by Gasteiger charge is -2.28. The fourth-order valence-electron chi connectivity index (χ4n) is 5.79. The van der Waals surface area contributed by atoms with E-state index in [-0.39, 0.29) is 26.2 Å². The molecule has 0 aliphatic heterocycles. The number of allylic oxidation sites excluding steroid dienone is 11. The van der Waals surface area contributed by atoms with Crippen molar-refractivity contribution in [3.8, 4) is 0 Å². The molecule has 0 spiro atoms. The average molecular weight is 820 g/mol. The van der Waals surface area contributed by atoms with E-state index in [1.807, 2.05) is 27.2 Å². The molecule has 0 aromatic carbocycles. The number of phosphoric ester groups is 1. The Morgan fingerprint density at radius 2 is 1.02 bits per heavy atom. The van der Waals surface area contributed by atoms with E-state index in [9.17, 15) is 14.3 Å². The molecule has 0 radical (unpaired) electrons. The van der Waals surface area contributed by atoms with Crippen LogP contribution >= 0.6 is 7.82 Å². The van der Waals surface area contributed by atoms with E-state index in [0.717, 1.165) is 38.5 Å². The van der Waals surface area contributed by atoms with Crippen LogP contribution in [0.15, 0.2) is 72.9 Å². The predicted molar refractivity (Wildman–Crippen MR) is 240 cm³/mol. The first-order valence-electron chi connectivity index (χ1n) is 22.7. The predicted octanol–water partition coefficient (Wildman–Crippen LogP) is 12.9. The lowest BCUT2D eigenvalue weighted by Crippen LogP contribution is -2.37. The zero-order valence-electron chi connectivity index (χ0n) is 37.3. The van der Waals surface area contributed by atoms with E-state index >= 15 is 0 Å². The van der Waals surface area contributed by atoms with Gasteiger partial charge in [0.05, 0.1) is 40.8 Å². The summed E-state index contributed by atoms with van der Waals surface area (Å²) in [4.78, 5) is 25.0. The van der Waals surface area contributed by atoms with E-state index in [0.29, 0.717) is 24.1 Å². The van der Waals surface area contributed by atoms with Gasteiger partial charge in [0.1, 0.15) is 19.3 Å². The molecule has 0 saturated heterocycles. The Kier molecular flexibility index (Phi) is 39.2. The summed E-state index contributed by atoms with van der Waals surface area (Å²) in [6.07, 6.45) is 52.4. The van der Waals surface area contributed by atoms with Crippen LogP contribution in [0.5, 0.6) is 0 Å². The third-order valence-corrected chi connectivity index (χ3v) is 10.2. The number of phosphoric acid groups is 1. The summed E-state index contributed by atoms with van der Waals surface area (Å²) in [5, 5.41) is 0. The summed E-state index contributed by atoms with van der Waals surface area (Å²) >= 11 is 0. The SMILES string of the molecule is CC/C=C\C/C=C\C/C=C\C/C=C\C/C=C\CC(=O)OC(COCCCCCCCCCCCC/C=C\CCCCCCCC)COP(=O)([O-])OCC[N+](C)(C)C. The number of likely N-dealkylation sites (N-methyl/N-ethyl adjacent to an activating group) is 1. The van der Waals surface area contributed by atoms with Crippen molar-refractivity contribution in [1.82, 2.24) is 0 Å².